The fourth-order valence-corrected chi connectivity index (χ4v) is 6.26. The molecule has 2 fully saturated rings. The van der Waals surface area contributed by atoms with Crippen LogP contribution in [0.1, 0.15) is 58.5 Å². The van der Waals surface area contributed by atoms with E-state index in [4.69, 9.17) is 16.7 Å². The summed E-state index contributed by atoms with van der Waals surface area (Å²) in [6, 6.07) is 11.9. The molecule has 8 nitrogen and oxygen atoms in total. The molecule has 2 unspecified atom stereocenters. The number of halogens is 2. The highest BCUT2D eigenvalue weighted by molar-refractivity contribution is 9.10. The minimum Gasteiger partial charge on any atom is -0.355 e. The monoisotopic (exact) mass is 609 g/mol. The number of fused-ring (bicyclic) bond motifs is 3. The van der Waals surface area contributed by atoms with Crippen LogP contribution in [0.2, 0.25) is 5.02 Å². The van der Waals surface area contributed by atoms with Gasteiger partial charge >= 0.3 is 0 Å². The second-order valence-electron chi connectivity index (χ2n) is 10.7. The summed E-state index contributed by atoms with van der Waals surface area (Å²) in [7, 11) is 1.59. The number of hydrogen-bond acceptors (Lipinski definition) is 4. The summed E-state index contributed by atoms with van der Waals surface area (Å²) < 4.78 is 2.69. The molecule has 202 valence electrons. The van der Waals surface area contributed by atoms with Crippen LogP contribution in [0, 0.1) is 11.8 Å². The molecular formula is C29H29BrClN5O3. The van der Waals surface area contributed by atoms with Crippen molar-refractivity contribution in [2.24, 2.45) is 11.8 Å². The first kappa shape index (κ1) is 26.1. The maximum Gasteiger partial charge on any atom is 0.254 e. The molecule has 1 saturated carbocycles. The molecule has 3 atom stereocenters. The van der Waals surface area contributed by atoms with Gasteiger partial charge < -0.3 is 10.2 Å². The molecule has 2 aromatic carbocycles. The van der Waals surface area contributed by atoms with Crippen molar-refractivity contribution in [3.05, 3.63) is 74.8 Å². The third-order valence-electron chi connectivity index (χ3n) is 8.13. The lowest BCUT2D eigenvalue weighted by Crippen LogP contribution is -2.56. The summed E-state index contributed by atoms with van der Waals surface area (Å²) in [6.45, 7) is 2.37. The summed E-state index contributed by atoms with van der Waals surface area (Å²) >= 11 is 9.67. The summed E-state index contributed by atoms with van der Waals surface area (Å²) in [4.78, 5) is 43.5. The Balaban J connectivity index is 1.38. The number of aromatic nitrogens is 2. The van der Waals surface area contributed by atoms with E-state index in [2.05, 4.69) is 21.2 Å². The number of hydrogen-bond donors (Lipinski definition) is 1. The summed E-state index contributed by atoms with van der Waals surface area (Å²) in [6.07, 6.45) is 5.63. The number of carbonyl (C=O) groups is 3. The first-order valence-electron chi connectivity index (χ1n) is 13.2. The van der Waals surface area contributed by atoms with Gasteiger partial charge in [0.15, 0.2) is 0 Å². The molecule has 1 N–H and O–H groups in total. The van der Waals surface area contributed by atoms with Crippen LogP contribution < -0.4 is 10.2 Å². The standard InChI is InChI=1S/C29H29BrClN5O3/c1-16-11-22-25(15-34(16)28(38)19-7-10-23(30)24(31)13-19)36-27(20(14-33-36)12-17-3-4-17)35(29(22)39)21-8-5-18(6-9-21)26(37)32-2/h5-10,13-14,16-17,22,25H,3-4,11-12,15H2,1-2H3,(H,32,37)/t16-,22?,25?/m0/s1. The molecule has 3 aromatic rings. The zero-order valence-corrected chi connectivity index (χ0v) is 24.1. The average Bonchev–Trinajstić information content (AvgIpc) is 3.67. The number of rotatable bonds is 5. The quantitative estimate of drug-likeness (QED) is 0.420. The fraction of sp³-hybridized carbons (Fsp3) is 0.379. The van der Waals surface area contributed by atoms with Gasteiger partial charge in [0.05, 0.1) is 28.9 Å². The predicted octanol–water partition coefficient (Wildman–Crippen LogP) is 5.38. The highest BCUT2D eigenvalue weighted by Crippen LogP contribution is 2.46. The molecule has 0 radical (unpaired) electrons. The van der Waals surface area contributed by atoms with E-state index in [1.165, 1.54) is 12.8 Å². The predicted molar refractivity (Wildman–Crippen MR) is 152 cm³/mol. The molecule has 3 amide bonds. The van der Waals surface area contributed by atoms with Gasteiger partial charge in [-0.3, -0.25) is 19.3 Å². The number of carbonyl (C=O) groups excluding carboxylic acids is 3. The molecule has 0 spiro atoms. The third-order valence-corrected chi connectivity index (χ3v) is 9.36. The van der Waals surface area contributed by atoms with Crippen molar-refractivity contribution >= 4 is 56.8 Å². The number of likely N-dealkylation sites (tertiary alicyclic amines) is 1. The Morgan fingerprint density at radius 1 is 1.13 bits per heavy atom. The molecule has 2 aliphatic heterocycles. The molecule has 1 saturated heterocycles. The summed E-state index contributed by atoms with van der Waals surface area (Å²) in [5.74, 6) is 0.761. The highest BCUT2D eigenvalue weighted by Gasteiger charge is 2.48. The minimum atomic E-state index is -0.336. The lowest BCUT2D eigenvalue weighted by atomic mass is 9.84. The topological polar surface area (TPSA) is 87.5 Å². The Bertz CT molecular complexity index is 1470. The second kappa shape index (κ2) is 10.1. The normalized spacial score (nSPS) is 22.4. The maximum atomic E-state index is 14.2. The lowest BCUT2D eigenvalue weighted by Gasteiger charge is -2.47. The van der Waals surface area contributed by atoms with Gasteiger partial charge in [-0.25, -0.2) is 4.68 Å². The van der Waals surface area contributed by atoms with Crippen LogP contribution in [0.15, 0.2) is 53.1 Å². The van der Waals surface area contributed by atoms with Gasteiger partial charge in [-0.15, -0.1) is 0 Å². The van der Waals surface area contributed by atoms with E-state index < -0.39 is 0 Å². The van der Waals surface area contributed by atoms with E-state index in [0.717, 1.165) is 22.3 Å². The van der Waals surface area contributed by atoms with Crippen LogP contribution in [0.25, 0.3) is 0 Å². The van der Waals surface area contributed by atoms with Crippen molar-refractivity contribution in [3.8, 4) is 0 Å². The Morgan fingerprint density at radius 3 is 2.51 bits per heavy atom. The number of nitrogens with zero attached hydrogens (tertiary/aromatic N) is 4. The summed E-state index contributed by atoms with van der Waals surface area (Å²) in [5, 5.41) is 7.92. The smallest absolute Gasteiger partial charge is 0.254 e. The number of anilines is 2. The number of benzene rings is 2. The molecule has 1 aliphatic carbocycles. The van der Waals surface area contributed by atoms with Crippen LogP contribution in [-0.4, -0.2) is 52.0 Å². The van der Waals surface area contributed by atoms with E-state index >= 15 is 0 Å². The van der Waals surface area contributed by atoms with Crippen molar-refractivity contribution < 1.29 is 14.4 Å². The van der Waals surface area contributed by atoms with Crippen LogP contribution >= 0.6 is 27.5 Å². The van der Waals surface area contributed by atoms with Gasteiger partial charge in [0.25, 0.3) is 11.8 Å². The highest BCUT2D eigenvalue weighted by atomic mass is 79.9. The third kappa shape index (κ3) is 4.65. The zero-order valence-electron chi connectivity index (χ0n) is 21.7. The molecule has 39 heavy (non-hydrogen) atoms. The van der Waals surface area contributed by atoms with E-state index in [1.807, 2.05) is 34.8 Å². The number of piperidine rings is 1. The lowest BCUT2D eigenvalue weighted by molar-refractivity contribution is -0.126. The minimum absolute atomic E-state index is 0.00313. The number of nitrogens with one attached hydrogen (secondary N) is 1. The van der Waals surface area contributed by atoms with E-state index in [1.54, 1.807) is 42.3 Å². The Kier molecular flexibility index (Phi) is 6.75. The molecule has 3 heterocycles. The fourth-order valence-electron chi connectivity index (χ4n) is 5.83. The SMILES string of the molecule is CNC(=O)c1ccc(N2C(=O)C3C[C@H](C)N(C(=O)c4ccc(Br)c(Cl)c4)CC3n3ncc(CC4CC4)c32)cc1. The number of amides is 3. The maximum absolute atomic E-state index is 14.2. The first-order chi connectivity index (χ1) is 18.8. The van der Waals surface area contributed by atoms with Crippen LogP contribution in [0.5, 0.6) is 0 Å². The van der Waals surface area contributed by atoms with Gasteiger partial charge in [0.2, 0.25) is 5.91 Å². The molecule has 1 aromatic heterocycles. The van der Waals surface area contributed by atoms with E-state index in [-0.39, 0.29) is 35.7 Å². The Hall–Kier alpha value is -3.17. The van der Waals surface area contributed by atoms with Crippen molar-refractivity contribution in [2.75, 3.05) is 18.5 Å². The summed E-state index contributed by atoms with van der Waals surface area (Å²) in [5.41, 5.74) is 2.80. The molecular weight excluding hydrogens is 582 g/mol. The van der Waals surface area contributed by atoms with Crippen molar-refractivity contribution in [1.82, 2.24) is 20.0 Å². The first-order valence-corrected chi connectivity index (χ1v) is 14.4. The van der Waals surface area contributed by atoms with E-state index in [0.29, 0.717) is 40.7 Å². The molecule has 0 bridgehead atoms. The van der Waals surface area contributed by atoms with E-state index in [9.17, 15) is 14.4 Å². The van der Waals surface area contributed by atoms with Gasteiger partial charge in [-0.2, -0.15) is 5.10 Å². The Morgan fingerprint density at radius 2 is 1.85 bits per heavy atom. The van der Waals surface area contributed by atoms with Crippen LogP contribution in [-0.2, 0) is 11.2 Å². The largest absolute Gasteiger partial charge is 0.355 e. The van der Waals surface area contributed by atoms with Gasteiger partial charge in [-0.1, -0.05) is 11.6 Å². The molecule has 10 heteroatoms. The van der Waals surface area contributed by atoms with Crippen molar-refractivity contribution in [3.63, 3.8) is 0 Å². The van der Waals surface area contributed by atoms with Gasteiger partial charge in [-0.05, 0) is 96.9 Å². The van der Waals surface area contributed by atoms with Crippen molar-refractivity contribution in [2.45, 2.75) is 44.7 Å². The molecule has 3 aliphatic rings. The molecule has 6 rings (SSSR count). The van der Waals surface area contributed by atoms with Crippen LogP contribution in [0.4, 0.5) is 11.5 Å². The average molecular weight is 611 g/mol. The van der Waals surface area contributed by atoms with Gasteiger partial charge in [0.1, 0.15) is 5.82 Å². The van der Waals surface area contributed by atoms with Crippen LogP contribution in [0.3, 0.4) is 0 Å². The van der Waals surface area contributed by atoms with Gasteiger partial charge in [0, 0.05) is 40.8 Å². The Labute approximate surface area is 240 Å². The van der Waals surface area contributed by atoms with Crippen molar-refractivity contribution in [1.29, 1.82) is 0 Å². The second-order valence-corrected chi connectivity index (χ2v) is 12.0. The zero-order chi connectivity index (χ0) is 27.4.